The summed E-state index contributed by atoms with van der Waals surface area (Å²) in [4.78, 5) is 28.6. The van der Waals surface area contributed by atoms with Crippen LogP contribution >= 0.6 is 0 Å². The van der Waals surface area contributed by atoms with Crippen molar-refractivity contribution < 1.29 is 4.79 Å². The lowest BCUT2D eigenvalue weighted by atomic mass is 9.93. The number of nitrogen functional groups attached to an aromatic ring is 1. The van der Waals surface area contributed by atoms with Gasteiger partial charge >= 0.3 is 0 Å². The van der Waals surface area contributed by atoms with Crippen LogP contribution in [0.4, 0.5) is 5.82 Å². The zero-order valence-electron chi connectivity index (χ0n) is 18.5. The van der Waals surface area contributed by atoms with E-state index in [0.717, 1.165) is 48.3 Å². The fourth-order valence-electron chi connectivity index (χ4n) is 3.85. The van der Waals surface area contributed by atoms with Crippen molar-refractivity contribution >= 4 is 17.3 Å². The predicted molar refractivity (Wildman–Crippen MR) is 126 cm³/mol. The van der Waals surface area contributed by atoms with Crippen LogP contribution in [0.25, 0.3) is 28.3 Å². The van der Waals surface area contributed by atoms with Crippen molar-refractivity contribution in [3.05, 3.63) is 54.0 Å². The van der Waals surface area contributed by atoms with Crippen LogP contribution in [0.2, 0.25) is 0 Å². The zero-order chi connectivity index (χ0) is 22.5. The molecule has 5 N–H and O–H groups in total. The smallest absolute Gasteiger partial charge is 0.219 e. The Kier molecular flexibility index (Phi) is 6.61. The highest BCUT2D eigenvalue weighted by Gasteiger charge is 2.19. The molecule has 1 unspecified atom stereocenters. The molecule has 8 nitrogen and oxygen atoms in total. The van der Waals surface area contributed by atoms with Gasteiger partial charge in [0, 0.05) is 19.0 Å². The number of carbonyl (C=O) groups excluding carboxylic acids is 1. The molecule has 1 aliphatic rings. The predicted octanol–water partition coefficient (Wildman–Crippen LogP) is 3.30. The van der Waals surface area contributed by atoms with Crippen molar-refractivity contribution in [2.45, 2.75) is 45.2 Å². The Morgan fingerprint density at radius 2 is 2.03 bits per heavy atom. The number of amides is 1. The highest BCUT2D eigenvalue weighted by atomic mass is 16.1. The van der Waals surface area contributed by atoms with E-state index in [0.29, 0.717) is 23.8 Å². The fraction of sp³-hybridized carbons (Fsp3) is 0.333. The minimum absolute atomic E-state index is 0.0895. The number of hydrogen-bond acceptors (Lipinski definition) is 6. The first-order valence-electron chi connectivity index (χ1n) is 11.0. The first-order chi connectivity index (χ1) is 15.6. The van der Waals surface area contributed by atoms with Gasteiger partial charge in [0.2, 0.25) is 5.91 Å². The largest absolute Gasteiger partial charge is 0.382 e. The molecule has 32 heavy (non-hydrogen) atoms. The van der Waals surface area contributed by atoms with Crippen LogP contribution < -0.4 is 16.4 Å². The van der Waals surface area contributed by atoms with E-state index < -0.39 is 0 Å². The van der Waals surface area contributed by atoms with Gasteiger partial charge in [-0.15, -0.1) is 0 Å². The van der Waals surface area contributed by atoms with Gasteiger partial charge in [0.15, 0.2) is 11.6 Å². The maximum absolute atomic E-state index is 11.6. The molecule has 0 aliphatic heterocycles. The van der Waals surface area contributed by atoms with Gasteiger partial charge in [0.25, 0.3) is 0 Å². The molecule has 0 saturated carbocycles. The Morgan fingerprint density at radius 1 is 1.22 bits per heavy atom. The highest BCUT2D eigenvalue weighted by Crippen LogP contribution is 2.29. The molecule has 0 radical (unpaired) electrons. The van der Waals surface area contributed by atoms with Gasteiger partial charge in [0.1, 0.15) is 5.69 Å². The number of aromatic nitrogens is 4. The number of hydrogen-bond donors (Lipinski definition) is 4. The highest BCUT2D eigenvalue weighted by molar-refractivity contribution is 5.76. The van der Waals surface area contributed by atoms with Crippen molar-refractivity contribution in [2.24, 2.45) is 0 Å². The summed E-state index contributed by atoms with van der Waals surface area (Å²) in [5, 5.41) is 6.21. The van der Waals surface area contributed by atoms with Gasteiger partial charge in [-0.25, -0.2) is 15.0 Å². The summed E-state index contributed by atoms with van der Waals surface area (Å²) in [7, 11) is 1.93. The molecule has 0 bridgehead atoms. The average Bonchev–Trinajstić information content (AvgIpc) is 3.31. The topological polar surface area (TPSA) is 122 Å². The van der Waals surface area contributed by atoms with Gasteiger partial charge in [-0.2, -0.15) is 0 Å². The first-order valence-corrected chi connectivity index (χ1v) is 11.0. The molecule has 3 aromatic rings. The normalized spacial score (nSPS) is 15.9. The second-order valence-corrected chi connectivity index (χ2v) is 7.98. The van der Waals surface area contributed by atoms with E-state index in [-0.39, 0.29) is 11.9 Å². The number of carbonyl (C=O) groups is 1. The number of rotatable bonds is 7. The molecule has 2 aromatic heterocycles. The fourth-order valence-corrected chi connectivity index (χ4v) is 3.85. The molecule has 0 spiro atoms. The van der Waals surface area contributed by atoms with E-state index in [1.165, 1.54) is 5.56 Å². The lowest BCUT2D eigenvalue weighted by molar-refractivity contribution is -0.121. The summed E-state index contributed by atoms with van der Waals surface area (Å²) < 4.78 is 0. The lowest BCUT2D eigenvalue weighted by Crippen LogP contribution is -2.35. The maximum Gasteiger partial charge on any atom is 0.219 e. The van der Waals surface area contributed by atoms with Crippen LogP contribution in [0.3, 0.4) is 0 Å². The summed E-state index contributed by atoms with van der Waals surface area (Å²) in [6.07, 6.45) is 8.63. The first kappa shape index (κ1) is 21.7. The number of nitrogens with two attached hydrogens (primary N) is 1. The van der Waals surface area contributed by atoms with Gasteiger partial charge in [0.05, 0.1) is 23.8 Å². The molecule has 2 heterocycles. The number of nitrogens with one attached hydrogen (secondary N) is 3. The second-order valence-electron chi connectivity index (χ2n) is 7.98. The lowest BCUT2D eigenvalue weighted by Gasteiger charge is -2.22. The summed E-state index contributed by atoms with van der Waals surface area (Å²) in [5.74, 6) is 1.02. The Bertz CT molecular complexity index is 1120. The van der Waals surface area contributed by atoms with Crippen molar-refractivity contribution in [3.8, 4) is 22.8 Å². The van der Waals surface area contributed by atoms with Crippen LogP contribution in [0.1, 0.15) is 43.9 Å². The SMILES string of the molecule is CCC(=O)NC1CC=C(c2cnc(N)c(-c3ncc(-c4ccc(CNC)cc4)[nH]3)n2)CC1. The zero-order valence-corrected chi connectivity index (χ0v) is 18.5. The number of allylic oxidation sites excluding steroid dienone is 1. The van der Waals surface area contributed by atoms with E-state index in [9.17, 15) is 4.79 Å². The van der Waals surface area contributed by atoms with Gasteiger partial charge in [-0.3, -0.25) is 4.79 Å². The third kappa shape index (κ3) is 4.86. The van der Waals surface area contributed by atoms with Gasteiger partial charge in [-0.05, 0) is 43.0 Å². The molecule has 8 heteroatoms. The van der Waals surface area contributed by atoms with Crippen molar-refractivity contribution in [3.63, 3.8) is 0 Å². The summed E-state index contributed by atoms with van der Waals surface area (Å²) in [5.41, 5.74) is 11.8. The summed E-state index contributed by atoms with van der Waals surface area (Å²) >= 11 is 0. The molecular weight excluding hydrogens is 402 g/mol. The molecule has 1 aliphatic carbocycles. The standard InChI is InChI=1S/C24H29N7O/c1-3-21(32)29-18-10-8-17(9-11-18)19-13-27-23(25)22(30-19)24-28-14-20(31-24)16-6-4-15(5-7-16)12-26-2/h4-8,13-14,18,26H,3,9-12H2,1-2H3,(H2,25,27)(H,28,31)(H,29,32). The quantitative estimate of drug-likeness (QED) is 0.455. The van der Waals surface area contributed by atoms with E-state index in [4.69, 9.17) is 10.7 Å². The number of aromatic amines is 1. The monoisotopic (exact) mass is 431 g/mol. The second kappa shape index (κ2) is 9.74. The minimum atomic E-state index is 0.0895. The molecule has 1 atom stereocenters. The van der Waals surface area contributed by atoms with Gasteiger partial charge < -0.3 is 21.4 Å². The Labute approximate surface area is 187 Å². The number of nitrogens with zero attached hydrogens (tertiary/aromatic N) is 3. The minimum Gasteiger partial charge on any atom is -0.382 e. The Morgan fingerprint density at radius 3 is 2.72 bits per heavy atom. The molecule has 4 rings (SSSR count). The van der Waals surface area contributed by atoms with E-state index in [1.54, 1.807) is 12.4 Å². The third-order valence-electron chi connectivity index (χ3n) is 5.67. The Hall–Kier alpha value is -3.52. The third-order valence-corrected chi connectivity index (χ3v) is 5.67. The summed E-state index contributed by atoms with van der Waals surface area (Å²) in [6, 6.07) is 8.49. The molecule has 1 amide bonds. The molecule has 1 aromatic carbocycles. The van der Waals surface area contributed by atoms with Crippen LogP contribution in [-0.4, -0.2) is 38.9 Å². The van der Waals surface area contributed by atoms with Crippen LogP contribution in [-0.2, 0) is 11.3 Å². The average molecular weight is 432 g/mol. The van der Waals surface area contributed by atoms with Crippen molar-refractivity contribution in [2.75, 3.05) is 12.8 Å². The van der Waals surface area contributed by atoms with Crippen molar-refractivity contribution in [1.82, 2.24) is 30.6 Å². The maximum atomic E-state index is 11.6. The van der Waals surface area contributed by atoms with E-state index >= 15 is 0 Å². The van der Waals surface area contributed by atoms with Crippen molar-refractivity contribution in [1.29, 1.82) is 0 Å². The molecular formula is C24H29N7O. The number of imidazole rings is 1. The van der Waals surface area contributed by atoms with Crippen LogP contribution in [0, 0.1) is 0 Å². The number of benzene rings is 1. The number of H-pyrrole nitrogens is 1. The Balaban J connectivity index is 1.53. The van der Waals surface area contributed by atoms with Crippen LogP contribution in [0.15, 0.2) is 42.7 Å². The van der Waals surface area contributed by atoms with E-state index in [2.05, 4.69) is 55.9 Å². The number of anilines is 1. The molecule has 0 saturated heterocycles. The van der Waals surface area contributed by atoms with Crippen LogP contribution in [0.5, 0.6) is 0 Å². The molecule has 0 fully saturated rings. The van der Waals surface area contributed by atoms with E-state index in [1.807, 2.05) is 14.0 Å². The van der Waals surface area contributed by atoms with Gasteiger partial charge in [-0.1, -0.05) is 37.3 Å². The summed E-state index contributed by atoms with van der Waals surface area (Å²) in [6.45, 7) is 2.69. The molecule has 166 valence electrons.